The molecule has 1 aromatic heterocycles. The zero-order valence-corrected chi connectivity index (χ0v) is 26.6. The first-order chi connectivity index (χ1) is 19.9. The Bertz CT molecular complexity index is 1210. The molecule has 1 saturated carbocycles. The van der Waals surface area contributed by atoms with Crippen molar-refractivity contribution < 1.29 is 28.7 Å². The van der Waals surface area contributed by atoms with Crippen molar-refractivity contribution in [3.8, 4) is 0 Å². The van der Waals surface area contributed by atoms with E-state index in [2.05, 4.69) is 10.3 Å². The number of carbonyl (C=O) groups is 4. The average Bonchev–Trinajstić information content (AvgIpc) is 3.69. The summed E-state index contributed by atoms with van der Waals surface area (Å²) in [6.07, 6.45) is 2.78. The van der Waals surface area contributed by atoms with Crippen LogP contribution in [0.2, 0.25) is 0 Å². The molecule has 230 valence electrons. The molecule has 0 bridgehead atoms. The number of carbonyl (C=O) groups excluding carboxylic acids is 4. The molecule has 0 aliphatic heterocycles. The quantitative estimate of drug-likeness (QED) is 0.280. The summed E-state index contributed by atoms with van der Waals surface area (Å²) in [5, 5.41) is 5.19. The lowest BCUT2D eigenvalue weighted by Crippen LogP contribution is -2.44. The maximum absolute atomic E-state index is 13.4. The fourth-order valence-corrected chi connectivity index (χ4v) is 6.23. The van der Waals surface area contributed by atoms with Gasteiger partial charge in [-0.1, -0.05) is 58.0 Å². The third-order valence-corrected chi connectivity index (χ3v) is 8.97. The van der Waals surface area contributed by atoms with Crippen LogP contribution in [0, 0.1) is 23.7 Å². The van der Waals surface area contributed by atoms with Crippen LogP contribution in [0.1, 0.15) is 87.5 Å². The third kappa shape index (κ3) is 9.37. The van der Waals surface area contributed by atoms with Gasteiger partial charge < -0.3 is 19.7 Å². The SMILES string of the molecule is COC(=O)[C@@H](C)C[C@H](Cc1ccccc1)NC(=O)c1csc([C@@H](C[C@H](C(C)C)N(C)C(=O)[C@@H](C)C2CC2)OC(C)=O)n1. The van der Waals surface area contributed by atoms with Gasteiger partial charge in [-0.15, -0.1) is 11.3 Å². The maximum atomic E-state index is 13.4. The van der Waals surface area contributed by atoms with Crippen molar-refractivity contribution in [2.24, 2.45) is 23.7 Å². The van der Waals surface area contributed by atoms with Gasteiger partial charge >= 0.3 is 11.9 Å². The smallest absolute Gasteiger partial charge is 0.308 e. The molecule has 0 radical (unpaired) electrons. The molecule has 1 aliphatic rings. The first-order valence-corrected chi connectivity index (χ1v) is 15.6. The molecule has 1 N–H and O–H groups in total. The second-order valence-corrected chi connectivity index (χ2v) is 12.7. The van der Waals surface area contributed by atoms with E-state index in [1.807, 2.05) is 58.2 Å². The Morgan fingerprint density at radius 1 is 1.07 bits per heavy atom. The minimum atomic E-state index is -0.701. The van der Waals surface area contributed by atoms with Crippen molar-refractivity contribution in [3.05, 3.63) is 52.0 Å². The lowest BCUT2D eigenvalue weighted by Gasteiger charge is -2.35. The standard InChI is InChI=1S/C32H45N3O6S/c1-19(2)27(35(6)31(38)21(4)24-13-14-24)17-28(41-22(5)36)30-34-26(18-42-30)29(37)33-25(15-20(3)32(39)40-7)16-23-11-9-8-10-12-23/h8-12,18-21,24-25,27-28H,13-17H2,1-7H3,(H,33,37)/t20-,21-,25+,27+,28+/m0/s1. The predicted molar refractivity (Wildman–Crippen MR) is 162 cm³/mol. The molecule has 5 atom stereocenters. The number of hydrogen-bond acceptors (Lipinski definition) is 8. The largest absolute Gasteiger partial charge is 0.469 e. The molecule has 1 heterocycles. The molecule has 1 aliphatic carbocycles. The van der Waals surface area contributed by atoms with E-state index in [0.717, 1.165) is 18.4 Å². The Kier molecular flexibility index (Phi) is 12.1. The normalized spacial score (nSPS) is 16.6. The van der Waals surface area contributed by atoms with Crippen molar-refractivity contribution in [3.63, 3.8) is 0 Å². The van der Waals surface area contributed by atoms with Gasteiger partial charge in [0.2, 0.25) is 5.91 Å². The van der Waals surface area contributed by atoms with Crippen LogP contribution >= 0.6 is 11.3 Å². The lowest BCUT2D eigenvalue weighted by atomic mass is 9.94. The van der Waals surface area contributed by atoms with Crippen molar-refractivity contribution in [2.75, 3.05) is 14.2 Å². The van der Waals surface area contributed by atoms with Gasteiger partial charge in [-0.05, 0) is 43.1 Å². The van der Waals surface area contributed by atoms with E-state index in [9.17, 15) is 19.2 Å². The molecule has 3 rings (SSSR count). The predicted octanol–water partition coefficient (Wildman–Crippen LogP) is 5.21. The summed E-state index contributed by atoms with van der Waals surface area (Å²) in [6.45, 7) is 9.20. The van der Waals surface area contributed by atoms with Crippen LogP contribution in [0.3, 0.4) is 0 Å². The van der Waals surface area contributed by atoms with Crippen molar-refractivity contribution >= 4 is 35.1 Å². The van der Waals surface area contributed by atoms with Crippen LogP contribution < -0.4 is 5.32 Å². The van der Waals surface area contributed by atoms with Gasteiger partial charge in [0, 0.05) is 43.8 Å². The second kappa shape index (κ2) is 15.3. The van der Waals surface area contributed by atoms with E-state index in [-0.39, 0.29) is 47.4 Å². The van der Waals surface area contributed by atoms with Gasteiger partial charge in [0.25, 0.3) is 5.91 Å². The number of esters is 2. The van der Waals surface area contributed by atoms with Gasteiger partial charge in [0.15, 0.2) is 6.10 Å². The number of nitrogens with one attached hydrogen (secondary N) is 1. The molecular weight excluding hydrogens is 554 g/mol. The summed E-state index contributed by atoms with van der Waals surface area (Å²) >= 11 is 1.25. The first kappa shape index (κ1) is 33.2. The number of aromatic nitrogens is 1. The Hall–Kier alpha value is -3.27. The topological polar surface area (TPSA) is 115 Å². The van der Waals surface area contributed by atoms with E-state index in [0.29, 0.717) is 30.2 Å². The molecule has 1 fully saturated rings. The number of hydrogen-bond donors (Lipinski definition) is 1. The van der Waals surface area contributed by atoms with Gasteiger partial charge in [-0.25, -0.2) is 4.98 Å². The third-order valence-electron chi connectivity index (χ3n) is 8.03. The van der Waals surface area contributed by atoms with E-state index < -0.39 is 18.0 Å². The summed E-state index contributed by atoms with van der Waals surface area (Å²) < 4.78 is 10.6. The molecule has 2 amide bonds. The fourth-order valence-electron chi connectivity index (χ4n) is 5.39. The summed E-state index contributed by atoms with van der Waals surface area (Å²) in [4.78, 5) is 57.1. The maximum Gasteiger partial charge on any atom is 0.308 e. The number of amides is 2. The van der Waals surface area contributed by atoms with E-state index in [1.54, 1.807) is 17.2 Å². The van der Waals surface area contributed by atoms with Crippen LogP contribution in [-0.2, 0) is 30.3 Å². The summed E-state index contributed by atoms with van der Waals surface area (Å²) in [7, 11) is 3.17. The van der Waals surface area contributed by atoms with Crippen molar-refractivity contribution in [1.82, 2.24) is 15.2 Å². The molecule has 0 saturated heterocycles. The van der Waals surface area contributed by atoms with E-state index in [1.165, 1.54) is 25.4 Å². The zero-order valence-electron chi connectivity index (χ0n) is 25.8. The minimum absolute atomic E-state index is 0.0377. The Labute approximate surface area is 253 Å². The monoisotopic (exact) mass is 599 g/mol. The zero-order chi connectivity index (χ0) is 31.0. The molecule has 42 heavy (non-hydrogen) atoms. The molecule has 2 aromatic rings. The Morgan fingerprint density at radius 3 is 2.31 bits per heavy atom. The van der Waals surface area contributed by atoms with Gasteiger partial charge in [-0.3, -0.25) is 19.2 Å². The highest BCUT2D eigenvalue weighted by atomic mass is 32.1. The molecule has 0 spiro atoms. The fraction of sp³-hybridized carbons (Fsp3) is 0.594. The van der Waals surface area contributed by atoms with Crippen molar-refractivity contribution in [2.45, 2.75) is 84.9 Å². The summed E-state index contributed by atoms with van der Waals surface area (Å²) in [5.41, 5.74) is 1.24. The number of benzene rings is 1. The number of methoxy groups -OCH3 is 1. The van der Waals surface area contributed by atoms with Crippen LogP contribution in [-0.4, -0.2) is 59.9 Å². The van der Waals surface area contributed by atoms with Crippen LogP contribution in [0.5, 0.6) is 0 Å². The minimum Gasteiger partial charge on any atom is -0.469 e. The molecule has 9 nitrogen and oxygen atoms in total. The Morgan fingerprint density at radius 2 is 1.74 bits per heavy atom. The van der Waals surface area contributed by atoms with Gasteiger partial charge in [0.05, 0.1) is 13.0 Å². The molecule has 0 unspecified atom stereocenters. The van der Waals surface area contributed by atoms with Crippen molar-refractivity contribution in [1.29, 1.82) is 0 Å². The van der Waals surface area contributed by atoms with Crippen LogP contribution in [0.25, 0.3) is 0 Å². The number of nitrogens with zero attached hydrogens (tertiary/aromatic N) is 2. The average molecular weight is 600 g/mol. The number of thiazole rings is 1. The first-order valence-electron chi connectivity index (χ1n) is 14.7. The van der Waals surface area contributed by atoms with Crippen LogP contribution in [0.15, 0.2) is 35.7 Å². The number of rotatable bonds is 15. The highest BCUT2D eigenvalue weighted by molar-refractivity contribution is 7.09. The molecular formula is C32H45N3O6S. The summed E-state index contributed by atoms with van der Waals surface area (Å²) in [5.74, 6) is -0.949. The van der Waals surface area contributed by atoms with Crippen LogP contribution in [0.4, 0.5) is 0 Å². The van der Waals surface area contributed by atoms with Gasteiger partial charge in [0.1, 0.15) is 10.7 Å². The second-order valence-electron chi connectivity index (χ2n) is 11.8. The van der Waals surface area contributed by atoms with E-state index >= 15 is 0 Å². The highest BCUT2D eigenvalue weighted by Crippen LogP contribution is 2.38. The van der Waals surface area contributed by atoms with Gasteiger partial charge in [-0.2, -0.15) is 0 Å². The molecule has 10 heteroatoms. The number of ether oxygens (including phenoxy) is 2. The Balaban J connectivity index is 1.77. The molecule has 1 aromatic carbocycles. The highest BCUT2D eigenvalue weighted by Gasteiger charge is 2.37. The van der Waals surface area contributed by atoms with E-state index in [4.69, 9.17) is 9.47 Å². The summed E-state index contributed by atoms with van der Waals surface area (Å²) in [6, 6.07) is 9.23. The lowest BCUT2D eigenvalue weighted by molar-refractivity contribution is -0.149.